The van der Waals surface area contributed by atoms with Crippen LogP contribution in [-0.2, 0) is 4.79 Å². The van der Waals surface area contributed by atoms with Crippen molar-refractivity contribution >= 4 is 56.5 Å². The largest absolute Gasteiger partial charge is 0.495 e. The zero-order chi connectivity index (χ0) is 19.6. The van der Waals surface area contributed by atoms with Crippen LogP contribution in [-0.4, -0.2) is 18.1 Å². The number of benzene rings is 2. The minimum absolute atomic E-state index is 0.281. The van der Waals surface area contributed by atoms with Crippen LogP contribution in [0.3, 0.4) is 0 Å². The second kappa shape index (κ2) is 8.29. The number of rotatable bonds is 4. The van der Waals surface area contributed by atoms with Gasteiger partial charge in [0.1, 0.15) is 5.75 Å². The third kappa shape index (κ3) is 4.26. The summed E-state index contributed by atoms with van der Waals surface area (Å²) < 4.78 is 6.19. The fraction of sp³-hybridized carbons (Fsp3) is 0.158. The van der Waals surface area contributed by atoms with Crippen molar-refractivity contribution in [3.05, 3.63) is 68.8 Å². The average molecular weight is 467 g/mol. The van der Waals surface area contributed by atoms with E-state index >= 15 is 0 Å². The Morgan fingerprint density at radius 2 is 2.04 bits per heavy atom. The number of hydrogen-bond donors (Lipinski definition) is 3. The quantitative estimate of drug-likeness (QED) is 0.577. The summed E-state index contributed by atoms with van der Waals surface area (Å²) in [6.07, 6.45) is 0. The summed E-state index contributed by atoms with van der Waals surface area (Å²) in [5.74, 6) is 0.243. The van der Waals surface area contributed by atoms with Crippen LogP contribution in [0.4, 0.5) is 5.69 Å². The van der Waals surface area contributed by atoms with Crippen molar-refractivity contribution in [1.29, 1.82) is 0 Å². The van der Waals surface area contributed by atoms with E-state index in [0.29, 0.717) is 32.8 Å². The molecule has 3 rings (SSSR count). The summed E-state index contributed by atoms with van der Waals surface area (Å²) in [4.78, 5) is 13.2. The highest BCUT2D eigenvalue weighted by molar-refractivity contribution is 9.10. The Bertz CT molecular complexity index is 948. The van der Waals surface area contributed by atoms with E-state index in [0.717, 1.165) is 10.0 Å². The van der Waals surface area contributed by atoms with E-state index < -0.39 is 6.04 Å². The molecule has 0 radical (unpaired) electrons. The van der Waals surface area contributed by atoms with Crippen LogP contribution < -0.4 is 20.7 Å². The van der Waals surface area contributed by atoms with Gasteiger partial charge in [0.15, 0.2) is 5.11 Å². The van der Waals surface area contributed by atoms with E-state index in [-0.39, 0.29) is 5.91 Å². The van der Waals surface area contributed by atoms with Gasteiger partial charge in [-0.15, -0.1) is 0 Å². The topological polar surface area (TPSA) is 62.4 Å². The van der Waals surface area contributed by atoms with Gasteiger partial charge in [-0.05, 0) is 49.0 Å². The summed E-state index contributed by atoms with van der Waals surface area (Å²) in [5, 5.41) is 10.1. The van der Waals surface area contributed by atoms with E-state index in [1.54, 1.807) is 18.2 Å². The Morgan fingerprint density at radius 3 is 2.74 bits per heavy atom. The van der Waals surface area contributed by atoms with E-state index in [1.807, 2.05) is 31.2 Å². The molecule has 1 amide bonds. The van der Waals surface area contributed by atoms with Crippen molar-refractivity contribution in [1.82, 2.24) is 10.6 Å². The molecule has 1 atom stereocenters. The lowest BCUT2D eigenvalue weighted by molar-refractivity contribution is -0.113. The maximum atomic E-state index is 13.2. The summed E-state index contributed by atoms with van der Waals surface area (Å²) in [5.41, 5.74) is 2.61. The predicted octanol–water partition coefficient (Wildman–Crippen LogP) is 4.54. The second-order valence-corrected chi connectivity index (χ2v) is 7.59. The van der Waals surface area contributed by atoms with Crippen LogP contribution in [0.1, 0.15) is 18.5 Å². The van der Waals surface area contributed by atoms with Gasteiger partial charge in [-0.2, -0.15) is 0 Å². The molecule has 0 saturated carbocycles. The number of hydrogen-bond acceptors (Lipinski definition) is 3. The lowest BCUT2D eigenvalue weighted by Gasteiger charge is -2.31. The molecule has 5 nitrogen and oxygen atoms in total. The Labute approximate surface area is 176 Å². The maximum Gasteiger partial charge on any atom is 0.255 e. The Morgan fingerprint density at radius 1 is 1.30 bits per heavy atom. The monoisotopic (exact) mass is 465 g/mol. The summed E-state index contributed by atoms with van der Waals surface area (Å²) in [6, 6.07) is 12.3. The van der Waals surface area contributed by atoms with Crippen LogP contribution in [0.2, 0.25) is 5.02 Å². The van der Waals surface area contributed by atoms with E-state index in [2.05, 4.69) is 31.9 Å². The smallest absolute Gasteiger partial charge is 0.255 e. The van der Waals surface area contributed by atoms with Crippen LogP contribution in [0.15, 0.2) is 58.2 Å². The van der Waals surface area contributed by atoms with Gasteiger partial charge in [0.25, 0.3) is 5.91 Å². The second-order valence-electron chi connectivity index (χ2n) is 5.89. The normalized spacial score (nSPS) is 16.4. The molecule has 1 aliphatic heterocycles. The fourth-order valence-corrected chi connectivity index (χ4v) is 3.86. The highest BCUT2D eigenvalue weighted by atomic mass is 79.9. The van der Waals surface area contributed by atoms with Gasteiger partial charge in [-0.3, -0.25) is 4.79 Å². The first-order valence-corrected chi connectivity index (χ1v) is 9.66. The number of allylic oxidation sites excluding steroid dienone is 1. The number of carbonyl (C=O) groups is 1. The molecule has 1 heterocycles. The lowest BCUT2D eigenvalue weighted by Crippen LogP contribution is -2.45. The zero-order valence-corrected chi connectivity index (χ0v) is 17.8. The SMILES string of the molecule is COc1ccc(Cl)cc1NC(=O)C1=C(C)NC(=S)N[C@H]1c1ccccc1Br. The van der Waals surface area contributed by atoms with Crippen molar-refractivity contribution < 1.29 is 9.53 Å². The minimum Gasteiger partial charge on any atom is -0.495 e. The van der Waals surface area contributed by atoms with Gasteiger partial charge >= 0.3 is 0 Å². The van der Waals surface area contributed by atoms with Gasteiger partial charge < -0.3 is 20.7 Å². The van der Waals surface area contributed by atoms with E-state index in [4.69, 9.17) is 28.6 Å². The van der Waals surface area contributed by atoms with Crippen LogP contribution in [0.25, 0.3) is 0 Å². The number of ether oxygens (including phenoxy) is 1. The molecule has 0 unspecified atom stereocenters. The summed E-state index contributed by atoms with van der Waals surface area (Å²) >= 11 is 14.9. The number of nitrogens with one attached hydrogen (secondary N) is 3. The first-order valence-electron chi connectivity index (χ1n) is 8.08. The van der Waals surface area contributed by atoms with Crippen molar-refractivity contribution in [3.63, 3.8) is 0 Å². The zero-order valence-electron chi connectivity index (χ0n) is 14.6. The fourth-order valence-electron chi connectivity index (χ4n) is 2.90. The Balaban J connectivity index is 2.00. The molecule has 140 valence electrons. The molecule has 8 heteroatoms. The average Bonchev–Trinajstić information content (AvgIpc) is 2.61. The molecule has 0 aromatic heterocycles. The molecule has 0 spiro atoms. The predicted molar refractivity (Wildman–Crippen MR) is 115 cm³/mol. The number of amides is 1. The number of anilines is 1. The summed E-state index contributed by atoms with van der Waals surface area (Å²) in [6.45, 7) is 1.82. The highest BCUT2D eigenvalue weighted by Crippen LogP contribution is 2.34. The maximum absolute atomic E-state index is 13.2. The van der Waals surface area contributed by atoms with Gasteiger partial charge in [0, 0.05) is 15.2 Å². The third-order valence-electron chi connectivity index (χ3n) is 4.14. The molecule has 0 bridgehead atoms. The molecule has 2 aromatic carbocycles. The van der Waals surface area contributed by atoms with E-state index in [1.165, 1.54) is 7.11 Å². The molecule has 0 fully saturated rings. The molecular weight excluding hydrogens is 450 g/mol. The van der Waals surface area contributed by atoms with Gasteiger partial charge in [0.2, 0.25) is 0 Å². The molecule has 2 aromatic rings. The molecule has 0 saturated heterocycles. The van der Waals surface area contributed by atoms with Gasteiger partial charge in [0.05, 0.1) is 24.4 Å². The Hall–Kier alpha value is -2.09. The number of methoxy groups -OCH3 is 1. The van der Waals surface area contributed by atoms with E-state index in [9.17, 15) is 4.79 Å². The van der Waals surface area contributed by atoms with Crippen molar-refractivity contribution in [2.75, 3.05) is 12.4 Å². The van der Waals surface area contributed by atoms with Gasteiger partial charge in [-0.1, -0.05) is 45.7 Å². The van der Waals surface area contributed by atoms with Crippen LogP contribution >= 0.6 is 39.7 Å². The number of thiocarbonyl (C=S) groups is 1. The molecular formula is C19H17BrClN3O2S. The first kappa shape index (κ1) is 19.7. The molecule has 3 N–H and O–H groups in total. The van der Waals surface area contributed by atoms with Crippen molar-refractivity contribution in [2.24, 2.45) is 0 Å². The Kier molecular flexibility index (Phi) is 6.04. The minimum atomic E-state index is -0.403. The van der Waals surface area contributed by atoms with Crippen LogP contribution in [0.5, 0.6) is 5.75 Å². The lowest BCUT2D eigenvalue weighted by atomic mass is 9.95. The highest BCUT2D eigenvalue weighted by Gasteiger charge is 2.31. The molecule has 1 aliphatic rings. The number of carbonyl (C=O) groups excluding carboxylic acids is 1. The van der Waals surface area contributed by atoms with Crippen molar-refractivity contribution in [3.8, 4) is 5.75 Å². The standard InChI is InChI=1S/C19H17BrClN3O2S/c1-10-16(18(25)23-14-9-11(21)7-8-15(14)26-2)17(24-19(27)22-10)12-5-3-4-6-13(12)20/h3-9,17H,1-2H3,(H,23,25)(H2,22,24,27)/t17-/m0/s1. The molecule has 0 aliphatic carbocycles. The van der Waals surface area contributed by atoms with Crippen molar-refractivity contribution in [2.45, 2.75) is 13.0 Å². The molecule has 27 heavy (non-hydrogen) atoms. The first-order chi connectivity index (χ1) is 12.9. The van der Waals surface area contributed by atoms with Crippen LogP contribution in [0, 0.1) is 0 Å². The van der Waals surface area contributed by atoms with Gasteiger partial charge in [-0.25, -0.2) is 0 Å². The number of halogens is 2. The third-order valence-corrected chi connectivity index (χ3v) is 5.32. The summed E-state index contributed by atoms with van der Waals surface area (Å²) in [7, 11) is 1.54.